The van der Waals surface area contributed by atoms with Crippen LogP contribution in [0.4, 0.5) is 4.39 Å². The lowest BCUT2D eigenvalue weighted by Gasteiger charge is -2.17. The zero-order valence-electron chi connectivity index (χ0n) is 10.7. The molecule has 0 radical (unpaired) electrons. The second kappa shape index (κ2) is 6.28. The normalized spacial score (nSPS) is 12.4. The lowest BCUT2D eigenvalue weighted by Crippen LogP contribution is -2.30. The smallest absolute Gasteiger partial charge is 0.142 e. The largest absolute Gasteiger partial charge is 0.271 e. The number of hydrazine groups is 1. The molecule has 4 heteroatoms. The lowest BCUT2D eigenvalue weighted by atomic mass is 9.98. The molecule has 2 nitrogen and oxygen atoms in total. The summed E-state index contributed by atoms with van der Waals surface area (Å²) in [6, 6.07) is 13.1. The van der Waals surface area contributed by atoms with Gasteiger partial charge in [0.2, 0.25) is 0 Å². The zero-order chi connectivity index (χ0) is 13.8. The number of benzene rings is 2. The molecule has 2 aromatic rings. The van der Waals surface area contributed by atoms with E-state index in [9.17, 15) is 4.39 Å². The molecule has 0 aliphatic heterocycles. The van der Waals surface area contributed by atoms with Crippen LogP contribution in [0.2, 0.25) is 0 Å². The minimum Gasteiger partial charge on any atom is -0.271 e. The van der Waals surface area contributed by atoms with Crippen molar-refractivity contribution in [1.29, 1.82) is 0 Å². The van der Waals surface area contributed by atoms with E-state index in [0.29, 0.717) is 16.5 Å². The van der Waals surface area contributed by atoms with Gasteiger partial charge in [-0.3, -0.25) is 11.3 Å². The summed E-state index contributed by atoms with van der Waals surface area (Å²) in [7, 11) is 0. The van der Waals surface area contributed by atoms with Gasteiger partial charge in [-0.25, -0.2) is 4.39 Å². The topological polar surface area (TPSA) is 38.0 Å². The molecule has 2 aromatic carbocycles. The van der Waals surface area contributed by atoms with Crippen LogP contribution in [0.3, 0.4) is 0 Å². The third-order valence-corrected chi connectivity index (χ3v) is 3.73. The highest BCUT2D eigenvalue weighted by molar-refractivity contribution is 9.10. The first-order chi connectivity index (χ1) is 9.11. The molecular weight excluding hydrogens is 307 g/mol. The minimum absolute atomic E-state index is 0.250. The summed E-state index contributed by atoms with van der Waals surface area (Å²) in [5.41, 5.74) is 5.58. The van der Waals surface area contributed by atoms with Gasteiger partial charge in [-0.05, 0) is 40.9 Å². The van der Waals surface area contributed by atoms with Gasteiger partial charge < -0.3 is 0 Å². The average molecular weight is 323 g/mol. The molecule has 1 unspecified atom stereocenters. The SMILES string of the molecule is Cc1ccc(CC(NN)c2cccc(Br)c2F)cc1. The lowest BCUT2D eigenvalue weighted by molar-refractivity contribution is 0.508. The molecule has 0 heterocycles. The Morgan fingerprint density at radius 1 is 1.21 bits per heavy atom. The van der Waals surface area contributed by atoms with Crippen LogP contribution in [-0.2, 0) is 6.42 Å². The number of halogens is 2. The maximum atomic E-state index is 14.1. The van der Waals surface area contributed by atoms with E-state index in [1.54, 1.807) is 12.1 Å². The van der Waals surface area contributed by atoms with Crippen LogP contribution >= 0.6 is 15.9 Å². The summed E-state index contributed by atoms with van der Waals surface area (Å²) in [6.45, 7) is 2.04. The molecule has 0 fully saturated rings. The van der Waals surface area contributed by atoms with E-state index in [0.717, 1.165) is 5.56 Å². The maximum absolute atomic E-state index is 14.1. The first-order valence-electron chi connectivity index (χ1n) is 6.07. The Morgan fingerprint density at radius 2 is 1.89 bits per heavy atom. The van der Waals surface area contributed by atoms with Crippen molar-refractivity contribution in [2.45, 2.75) is 19.4 Å². The summed E-state index contributed by atoms with van der Waals surface area (Å²) in [5, 5.41) is 0. The van der Waals surface area contributed by atoms with Gasteiger partial charge in [-0.2, -0.15) is 0 Å². The van der Waals surface area contributed by atoms with Crippen LogP contribution < -0.4 is 11.3 Å². The fourth-order valence-electron chi connectivity index (χ4n) is 2.01. The van der Waals surface area contributed by atoms with Gasteiger partial charge in [0.25, 0.3) is 0 Å². The average Bonchev–Trinajstić information content (AvgIpc) is 2.42. The summed E-state index contributed by atoms with van der Waals surface area (Å²) in [5.74, 6) is 5.30. The molecule has 0 bridgehead atoms. The Bertz CT molecular complexity index is 555. The summed E-state index contributed by atoms with van der Waals surface area (Å²) >= 11 is 3.19. The minimum atomic E-state index is -0.266. The molecule has 1 atom stereocenters. The standard InChI is InChI=1S/C15H16BrFN2/c1-10-5-7-11(8-6-10)9-14(19-18)12-3-2-4-13(16)15(12)17/h2-8,14,19H,9,18H2,1H3. The van der Waals surface area contributed by atoms with Crippen LogP contribution in [0.1, 0.15) is 22.7 Å². The van der Waals surface area contributed by atoms with E-state index in [-0.39, 0.29) is 11.9 Å². The maximum Gasteiger partial charge on any atom is 0.142 e. The van der Waals surface area contributed by atoms with E-state index in [4.69, 9.17) is 5.84 Å². The number of nitrogens with two attached hydrogens (primary N) is 1. The summed E-state index contributed by atoms with van der Waals surface area (Å²) in [6.07, 6.45) is 0.643. The van der Waals surface area contributed by atoms with Crippen molar-refractivity contribution < 1.29 is 4.39 Å². The van der Waals surface area contributed by atoms with Gasteiger partial charge in [-0.1, -0.05) is 42.0 Å². The third-order valence-electron chi connectivity index (χ3n) is 3.12. The van der Waals surface area contributed by atoms with Crippen LogP contribution in [-0.4, -0.2) is 0 Å². The predicted molar refractivity (Wildman–Crippen MR) is 79.0 cm³/mol. The molecule has 2 rings (SSSR count). The Hall–Kier alpha value is -1.23. The highest BCUT2D eigenvalue weighted by Gasteiger charge is 2.16. The Morgan fingerprint density at radius 3 is 2.53 bits per heavy atom. The summed E-state index contributed by atoms with van der Waals surface area (Å²) in [4.78, 5) is 0. The van der Waals surface area contributed by atoms with Crippen LogP contribution in [0.15, 0.2) is 46.9 Å². The molecule has 3 N–H and O–H groups in total. The highest BCUT2D eigenvalue weighted by Crippen LogP contribution is 2.25. The van der Waals surface area contributed by atoms with Crippen molar-refractivity contribution in [3.05, 3.63) is 69.4 Å². The Balaban J connectivity index is 2.25. The molecule has 0 spiro atoms. The van der Waals surface area contributed by atoms with Gasteiger partial charge in [0, 0.05) is 5.56 Å². The molecule has 0 aromatic heterocycles. The second-order valence-electron chi connectivity index (χ2n) is 4.55. The van der Waals surface area contributed by atoms with Crippen molar-refractivity contribution in [3.63, 3.8) is 0 Å². The van der Waals surface area contributed by atoms with E-state index in [1.165, 1.54) is 5.56 Å². The van der Waals surface area contributed by atoms with Gasteiger partial charge in [0.15, 0.2) is 0 Å². The molecule has 0 saturated heterocycles. The van der Waals surface area contributed by atoms with Crippen molar-refractivity contribution in [1.82, 2.24) is 5.43 Å². The van der Waals surface area contributed by atoms with Crippen molar-refractivity contribution in [2.75, 3.05) is 0 Å². The molecule has 0 amide bonds. The molecule has 100 valence electrons. The first kappa shape index (κ1) is 14.2. The number of rotatable bonds is 4. The second-order valence-corrected chi connectivity index (χ2v) is 5.41. The fourth-order valence-corrected chi connectivity index (χ4v) is 2.39. The van der Waals surface area contributed by atoms with Crippen LogP contribution in [0.25, 0.3) is 0 Å². The van der Waals surface area contributed by atoms with Crippen molar-refractivity contribution >= 4 is 15.9 Å². The monoisotopic (exact) mass is 322 g/mol. The number of nitrogens with one attached hydrogen (secondary N) is 1. The number of hydrogen-bond donors (Lipinski definition) is 2. The zero-order valence-corrected chi connectivity index (χ0v) is 12.2. The number of hydrogen-bond acceptors (Lipinski definition) is 2. The van der Waals surface area contributed by atoms with E-state index >= 15 is 0 Å². The number of aryl methyl sites for hydroxylation is 1. The molecular formula is C15H16BrFN2. The Kier molecular flexibility index (Phi) is 4.69. The molecule has 0 saturated carbocycles. The van der Waals surface area contributed by atoms with Gasteiger partial charge >= 0.3 is 0 Å². The van der Waals surface area contributed by atoms with Crippen molar-refractivity contribution in [3.8, 4) is 0 Å². The van der Waals surface area contributed by atoms with E-state index in [1.807, 2.05) is 37.3 Å². The highest BCUT2D eigenvalue weighted by atomic mass is 79.9. The van der Waals surface area contributed by atoms with Crippen molar-refractivity contribution in [2.24, 2.45) is 5.84 Å². The van der Waals surface area contributed by atoms with Crippen LogP contribution in [0, 0.1) is 12.7 Å². The van der Waals surface area contributed by atoms with Gasteiger partial charge in [0.05, 0.1) is 10.5 Å². The summed E-state index contributed by atoms with van der Waals surface area (Å²) < 4.78 is 14.5. The quantitative estimate of drug-likeness (QED) is 0.666. The Labute approximate surface area is 120 Å². The predicted octanol–water partition coefficient (Wildman–Crippen LogP) is 3.64. The van der Waals surface area contributed by atoms with Gasteiger partial charge in [-0.15, -0.1) is 0 Å². The molecule has 0 aliphatic rings. The van der Waals surface area contributed by atoms with Crippen LogP contribution in [0.5, 0.6) is 0 Å². The van der Waals surface area contributed by atoms with Gasteiger partial charge in [0.1, 0.15) is 5.82 Å². The van der Waals surface area contributed by atoms with E-state index < -0.39 is 0 Å². The third kappa shape index (κ3) is 3.41. The first-order valence-corrected chi connectivity index (χ1v) is 6.86. The fraction of sp³-hybridized carbons (Fsp3) is 0.200. The molecule has 0 aliphatic carbocycles. The molecule has 19 heavy (non-hydrogen) atoms. The van der Waals surface area contributed by atoms with E-state index in [2.05, 4.69) is 21.4 Å².